The second-order valence-electron chi connectivity index (χ2n) is 6.67. The first kappa shape index (κ1) is 16.9. The predicted molar refractivity (Wildman–Crippen MR) is 112 cm³/mol. The first-order valence-corrected chi connectivity index (χ1v) is 9.77. The van der Waals surface area contributed by atoms with Crippen LogP contribution in [0, 0.1) is 0 Å². The molecule has 3 amide bonds. The summed E-state index contributed by atoms with van der Waals surface area (Å²) in [4.78, 5) is 31.9. The van der Waals surface area contributed by atoms with Gasteiger partial charge in [0.2, 0.25) is 0 Å². The van der Waals surface area contributed by atoms with Crippen LogP contribution in [-0.2, 0) is 4.79 Å². The normalized spacial score (nSPS) is 21.0. The molecule has 0 aliphatic carbocycles. The number of nitrogens with zero attached hydrogens (tertiary/aromatic N) is 3. The maximum atomic E-state index is 13.8. The Hall–Kier alpha value is -3.25. The summed E-state index contributed by atoms with van der Waals surface area (Å²) in [6.07, 6.45) is 0. The van der Waals surface area contributed by atoms with E-state index in [-0.39, 0.29) is 11.9 Å². The highest BCUT2D eigenvalue weighted by atomic mass is 32.2. The predicted octanol–water partition coefficient (Wildman–Crippen LogP) is 4.56. The van der Waals surface area contributed by atoms with Gasteiger partial charge < -0.3 is 4.90 Å². The van der Waals surface area contributed by atoms with E-state index < -0.39 is 4.99 Å². The molecule has 1 saturated heterocycles. The van der Waals surface area contributed by atoms with Crippen molar-refractivity contribution in [2.75, 3.05) is 21.7 Å². The SMILES string of the molecule is CN1c2ccccc2SC12C(=O)N(c1ccccc1)C(=O)N2c1ccccc1. The highest BCUT2D eigenvalue weighted by Gasteiger charge is 2.64. The summed E-state index contributed by atoms with van der Waals surface area (Å²) >= 11 is 1.41. The van der Waals surface area contributed by atoms with Crippen LogP contribution in [0.2, 0.25) is 0 Å². The lowest BCUT2D eigenvalue weighted by molar-refractivity contribution is -0.118. The quantitative estimate of drug-likeness (QED) is 0.605. The van der Waals surface area contributed by atoms with Crippen LogP contribution in [0.3, 0.4) is 0 Å². The number of hydrogen-bond acceptors (Lipinski definition) is 4. The third-order valence-electron chi connectivity index (χ3n) is 5.13. The summed E-state index contributed by atoms with van der Waals surface area (Å²) in [6.45, 7) is 0. The first-order valence-electron chi connectivity index (χ1n) is 8.95. The van der Waals surface area contributed by atoms with E-state index in [9.17, 15) is 9.59 Å². The number of thioether (sulfide) groups is 1. The third-order valence-corrected chi connectivity index (χ3v) is 6.61. The van der Waals surface area contributed by atoms with Gasteiger partial charge in [-0.1, -0.05) is 60.3 Å². The van der Waals surface area contributed by atoms with Gasteiger partial charge in [0, 0.05) is 17.6 Å². The molecule has 2 aliphatic rings. The molecule has 5 nitrogen and oxygen atoms in total. The zero-order valence-electron chi connectivity index (χ0n) is 15.1. The molecule has 138 valence electrons. The van der Waals surface area contributed by atoms with Crippen LogP contribution in [0.4, 0.5) is 21.9 Å². The molecule has 0 radical (unpaired) electrons. The maximum Gasteiger partial charge on any atom is 0.339 e. The molecular weight excluding hydrogens is 370 g/mol. The number of para-hydroxylation sites is 3. The van der Waals surface area contributed by atoms with Crippen LogP contribution in [-0.4, -0.2) is 24.0 Å². The number of amides is 3. The maximum absolute atomic E-state index is 13.8. The second-order valence-corrected chi connectivity index (χ2v) is 7.88. The van der Waals surface area contributed by atoms with Crippen molar-refractivity contribution in [1.82, 2.24) is 0 Å². The van der Waals surface area contributed by atoms with Crippen molar-refractivity contribution in [2.45, 2.75) is 9.89 Å². The van der Waals surface area contributed by atoms with E-state index in [2.05, 4.69) is 0 Å². The van der Waals surface area contributed by atoms with E-state index in [1.807, 2.05) is 84.7 Å². The van der Waals surface area contributed by atoms with Crippen molar-refractivity contribution in [3.63, 3.8) is 0 Å². The van der Waals surface area contributed by atoms with Crippen molar-refractivity contribution >= 4 is 40.8 Å². The largest absolute Gasteiger partial charge is 0.339 e. The lowest BCUT2D eigenvalue weighted by atomic mass is 10.2. The van der Waals surface area contributed by atoms with Gasteiger partial charge in [-0.25, -0.2) is 9.69 Å². The Morgan fingerprint density at radius 3 is 1.96 bits per heavy atom. The second kappa shape index (κ2) is 6.14. The number of anilines is 3. The molecule has 0 bridgehead atoms. The Balaban J connectivity index is 1.72. The lowest BCUT2D eigenvalue weighted by Gasteiger charge is -2.37. The molecule has 0 N–H and O–H groups in total. The van der Waals surface area contributed by atoms with E-state index in [1.165, 1.54) is 16.7 Å². The van der Waals surface area contributed by atoms with Crippen LogP contribution in [0.1, 0.15) is 0 Å². The number of hydrogen-bond donors (Lipinski definition) is 0. The number of imide groups is 1. The smallest absolute Gasteiger partial charge is 0.334 e. The Morgan fingerprint density at radius 1 is 0.750 bits per heavy atom. The fraction of sp³-hybridized carbons (Fsp3) is 0.0909. The first-order chi connectivity index (χ1) is 13.6. The Labute approximate surface area is 167 Å². The molecule has 5 rings (SSSR count). The van der Waals surface area contributed by atoms with Crippen LogP contribution in [0.5, 0.6) is 0 Å². The topological polar surface area (TPSA) is 43.9 Å². The number of rotatable bonds is 2. The van der Waals surface area contributed by atoms with Crippen molar-refractivity contribution in [2.24, 2.45) is 0 Å². The summed E-state index contributed by atoms with van der Waals surface area (Å²) in [5.74, 6) is -0.267. The molecule has 1 fully saturated rings. The highest BCUT2D eigenvalue weighted by Crippen LogP contribution is 2.55. The van der Waals surface area contributed by atoms with Crippen molar-refractivity contribution < 1.29 is 9.59 Å². The number of likely N-dealkylation sites (N-methyl/N-ethyl adjacent to an activating group) is 1. The van der Waals surface area contributed by atoms with Crippen LogP contribution >= 0.6 is 11.8 Å². The monoisotopic (exact) mass is 387 g/mol. The van der Waals surface area contributed by atoms with Gasteiger partial charge in [-0.15, -0.1) is 0 Å². The molecule has 1 unspecified atom stereocenters. The summed E-state index contributed by atoms with van der Waals surface area (Å²) in [7, 11) is 1.87. The molecular formula is C22H17N3O2S. The van der Waals surface area contributed by atoms with Gasteiger partial charge in [-0.05, 0) is 36.4 Å². The zero-order chi connectivity index (χ0) is 19.3. The van der Waals surface area contributed by atoms with Crippen LogP contribution in [0.15, 0.2) is 89.8 Å². The zero-order valence-corrected chi connectivity index (χ0v) is 16.0. The summed E-state index contributed by atoms with van der Waals surface area (Å²) < 4.78 is 0. The van der Waals surface area contributed by atoms with Crippen molar-refractivity contribution in [3.05, 3.63) is 84.9 Å². The standard InChI is InChI=1S/C22H17N3O2S/c1-23-18-14-8-9-15-19(18)28-22(23)20(26)24(16-10-4-2-5-11-16)21(27)25(22)17-12-6-3-7-13-17/h2-15H,1H3. The average molecular weight is 387 g/mol. The molecule has 0 saturated carbocycles. The van der Waals surface area contributed by atoms with Crippen molar-refractivity contribution in [3.8, 4) is 0 Å². The summed E-state index contributed by atoms with van der Waals surface area (Å²) in [6, 6.07) is 25.9. The highest BCUT2D eigenvalue weighted by molar-refractivity contribution is 8.02. The molecule has 6 heteroatoms. The van der Waals surface area contributed by atoms with E-state index in [0.29, 0.717) is 11.4 Å². The molecule has 3 aromatic rings. The van der Waals surface area contributed by atoms with E-state index in [1.54, 1.807) is 17.0 Å². The fourth-order valence-corrected chi connectivity index (χ4v) is 5.26. The molecule has 2 heterocycles. The van der Waals surface area contributed by atoms with Gasteiger partial charge in [-0.2, -0.15) is 0 Å². The van der Waals surface area contributed by atoms with Gasteiger partial charge in [0.15, 0.2) is 0 Å². The van der Waals surface area contributed by atoms with E-state index in [0.717, 1.165) is 10.6 Å². The van der Waals surface area contributed by atoms with Gasteiger partial charge >= 0.3 is 6.03 Å². The van der Waals surface area contributed by atoms with Crippen molar-refractivity contribution in [1.29, 1.82) is 0 Å². The average Bonchev–Trinajstić information content (AvgIpc) is 3.15. The Morgan fingerprint density at radius 2 is 1.32 bits per heavy atom. The minimum Gasteiger partial charge on any atom is -0.334 e. The minimum absolute atomic E-state index is 0.267. The Bertz CT molecular complexity index is 1070. The molecule has 0 aromatic heterocycles. The van der Waals surface area contributed by atoms with Gasteiger partial charge in [-0.3, -0.25) is 9.69 Å². The molecule has 1 atom stereocenters. The minimum atomic E-state index is -1.20. The van der Waals surface area contributed by atoms with Gasteiger partial charge in [0.25, 0.3) is 10.9 Å². The van der Waals surface area contributed by atoms with Crippen LogP contribution < -0.4 is 14.7 Å². The number of carbonyl (C=O) groups excluding carboxylic acids is 2. The van der Waals surface area contributed by atoms with E-state index >= 15 is 0 Å². The molecule has 3 aromatic carbocycles. The van der Waals surface area contributed by atoms with Gasteiger partial charge in [0.1, 0.15) is 0 Å². The summed E-state index contributed by atoms with van der Waals surface area (Å²) in [5, 5.41) is 0. The number of fused-ring (bicyclic) bond motifs is 1. The number of benzene rings is 3. The molecule has 28 heavy (non-hydrogen) atoms. The number of urea groups is 1. The lowest BCUT2D eigenvalue weighted by Crippen LogP contribution is -2.57. The molecule has 1 spiro atoms. The Kier molecular flexibility index (Phi) is 3.70. The number of carbonyl (C=O) groups is 2. The fourth-order valence-electron chi connectivity index (χ4n) is 3.81. The summed E-state index contributed by atoms with van der Waals surface area (Å²) in [5.41, 5.74) is 2.19. The molecule has 2 aliphatic heterocycles. The van der Waals surface area contributed by atoms with E-state index in [4.69, 9.17) is 0 Å². The van der Waals surface area contributed by atoms with Gasteiger partial charge in [0.05, 0.1) is 11.4 Å². The van der Waals surface area contributed by atoms with Crippen LogP contribution in [0.25, 0.3) is 0 Å². The third kappa shape index (κ3) is 2.15.